The summed E-state index contributed by atoms with van der Waals surface area (Å²) in [5.41, 5.74) is 3.41. The fourth-order valence-corrected chi connectivity index (χ4v) is 4.56. The molecule has 236 valence electrons. The first-order valence-electron chi connectivity index (χ1n) is 13.8. The first-order valence-corrected chi connectivity index (χ1v) is 15.6. The first-order chi connectivity index (χ1) is 21.2. The number of carbonyl (C=O) groups excluding carboxylic acids is 1. The van der Waals surface area contributed by atoms with E-state index in [-0.39, 0.29) is 17.2 Å². The van der Waals surface area contributed by atoms with Gasteiger partial charge in [0.05, 0.1) is 28.8 Å². The Morgan fingerprint density at radius 1 is 1.02 bits per heavy atom. The number of nitrogens with one attached hydrogen (secondary N) is 3. The largest absolute Gasteiger partial charge is 0.373 e. The predicted octanol–water partition coefficient (Wildman–Crippen LogP) is 5.55. The molecule has 5 rings (SSSR count). The van der Waals surface area contributed by atoms with E-state index in [2.05, 4.69) is 26.0 Å². The summed E-state index contributed by atoms with van der Waals surface area (Å²) >= 11 is 0. The average molecular weight is 636 g/mol. The molecule has 45 heavy (non-hydrogen) atoms. The number of anilines is 3. The quantitative estimate of drug-likeness (QED) is 0.177. The van der Waals surface area contributed by atoms with Gasteiger partial charge in [-0.3, -0.25) is 14.7 Å². The van der Waals surface area contributed by atoms with Crippen LogP contribution in [0.4, 0.5) is 26.5 Å². The molecule has 3 aromatic heterocycles. The average Bonchev–Trinajstić information content (AvgIpc) is 3.40. The normalized spacial score (nSPS) is 11.2. The smallest absolute Gasteiger partial charge is 0.324 e. The number of urea groups is 1. The van der Waals surface area contributed by atoms with Gasteiger partial charge >= 0.3 is 6.03 Å². The number of pyridine rings is 2. The molecule has 0 fully saturated rings. The maximum atomic E-state index is 15.1. The summed E-state index contributed by atoms with van der Waals surface area (Å²) in [5, 5.41) is 13.7. The number of amides is 2. The summed E-state index contributed by atoms with van der Waals surface area (Å²) in [6.07, 6.45) is 2.39. The fraction of sp³-hybridized carbons (Fsp3) is 0.226. The van der Waals surface area contributed by atoms with Crippen molar-refractivity contribution in [2.45, 2.75) is 26.7 Å². The lowest BCUT2D eigenvalue weighted by atomic mass is 9.99. The van der Waals surface area contributed by atoms with E-state index in [0.29, 0.717) is 40.1 Å². The summed E-state index contributed by atoms with van der Waals surface area (Å²) < 4.78 is 44.1. The Kier molecular flexibility index (Phi) is 9.69. The Balaban J connectivity index is 0.000000854. The SMILES string of the molecule is CNc1cc2c(cn1)cc(-c1cc(NC(=O)Nc3cc(C(C)C)nn3-c3ccccc3)c(F)cc1C)c(=O)n2C.CS(=O)(=O)O. The second-order valence-corrected chi connectivity index (χ2v) is 12.1. The highest BCUT2D eigenvalue weighted by Gasteiger charge is 2.18. The van der Waals surface area contributed by atoms with Crippen molar-refractivity contribution in [3.8, 4) is 16.8 Å². The minimum absolute atomic E-state index is 0.0567. The lowest BCUT2D eigenvalue weighted by Crippen LogP contribution is -2.22. The minimum atomic E-state index is -3.67. The Hall–Kier alpha value is -5.08. The standard InChI is InChI=1S/C30H30FN7O2.CH4O3S/c1-17(2)24-14-28(38(36-24)20-9-7-6-8-10-20)35-30(40)34-25-13-21(18(3)11-23(25)31)22-12-19-16-33-27(32-4)15-26(19)37(5)29(22)39;1-5(2,3)4/h6-17H,1-5H3,(H,32,33)(H2,34,35,40);1H3,(H,2,3,4). The molecule has 0 bridgehead atoms. The van der Waals surface area contributed by atoms with Crippen molar-refractivity contribution in [2.24, 2.45) is 7.05 Å². The van der Waals surface area contributed by atoms with Gasteiger partial charge in [0.15, 0.2) is 0 Å². The lowest BCUT2D eigenvalue weighted by Gasteiger charge is -2.15. The molecule has 0 aliphatic carbocycles. The fourth-order valence-electron chi connectivity index (χ4n) is 4.56. The molecule has 3 heterocycles. The maximum Gasteiger partial charge on any atom is 0.324 e. The molecule has 0 aliphatic heterocycles. The van der Waals surface area contributed by atoms with Crippen molar-refractivity contribution < 1.29 is 22.2 Å². The van der Waals surface area contributed by atoms with Crippen LogP contribution in [0.3, 0.4) is 0 Å². The van der Waals surface area contributed by atoms with Crippen LogP contribution in [-0.4, -0.2) is 51.6 Å². The number of nitrogens with zero attached hydrogens (tertiary/aromatic N) is 4. The zero-order valence-corrected chi connectivity index (χ0v) is 26.4. The van der Waals surface area contributed by atoms with Gasteiger partial charge in [-0.25, -0.2) is 18.9 Å². The molecular weight excluding hydrogens is 601 g/mol. The molecule has 4 N–H and O–H groups in total. The number of carbonyl (C=O) groups is 1. The van der Waals surface area contributed by atoms with Crippen molar-refractivity contribution in [3.63, 3.8) is 0 Å². The number of hydrogen-bond acceptors (Lipinski definition) is 7. The van der Waals surface area contributed by atoms with Crippen LogP contribution in [0.5, 0.6) is 0 Å². The van der Waals surface area contributed by atoms with E-state index in [9.17, 15) is 18.0 Å². The Morgan fingerprint density at radius 2 is 1.69 bits per heavy atom. The molecular formula is C31H34FN7O5S. The zero-order chi connectivity index (χ0) is 33.1. The second-order valence-electron chi connectivity index (χ2n) is 10.6. The van der Waals surface area contributed by atoms with Gasteiger partial charge < -0.3 is 15.2 Å². The van der Waals surface area contributed by atoms with E-state index < -0.39 is 22.0 Å². The topological polar surface area (TPSA) is 160 Å². The van der Waals surface area contributed by atoms with Gasteiger partial charge in [0, 0.05) is 43.4 Å². The van der Waals surface area contributed by atoms with Crippen LogP contribution in [0.2, 0.25) is 0 Å². The number of aromatic nitrogens is 4. The number of hydrogen-bond donors (Lipinski definition) is 4. The Bertz CT molecular complexity index is 2030. The highest BCUT2D eigenvalue weighted by Crippen LogP contribution is 2.30. The number of halogens is 1. The Labute approximate surface area is 259 Å². The predicted molar refractivity (Wildman–Crippen MR) is 174 cm³/mol. The van der Waals surface area contributed by atoms with Gasteiger partial charge in [-0.05, 0) is 54.3 Å². The second kappa shape index (κ2) is 13.3. The zero-order valence-electron chi connectivity index (χ0n) is 25.6. The number of rotatable bonds is 6. The molecule has 0 saturated carbocycles. The molecule has 2 aromatic carbocycles. The first kappa shape index (κ1) is 32.8. The summed E-state index contributed by atoms with van der Waals surface area (Å²) in [6, 6.07) is 16.9. The number of fused-ring (bicyclic) bond motifs is 1. The summed E-state index contributed by atoms with van der Waals surface area (Å²) in [7, 11) is -0.230. The minimum Gasteiger partial charge on any atom is -0.373 e. The Morgan fingerprint density at radius 3 is 2.31 bits per heavy atom. The van der Waals surface area contributed by atoms with Crippen molar-refractivity contribution in [2.75, 3.05) is 29.3 Å². The summed E-state index contributed by atoms with van der Waals surface area (Å²) in [5.74, 6) is 0.598. The molecule has 0 atom stereocenters. The summed E-state index contributed by atoms with van der Waals surface area (Å²) in [4.78, 5) is 30.8. The molecule has 14 heteroatoms. The molecule has 0 radical (unpaired) electrons. The third kappa shape index (κ3) is 7.91. The lowest BCUT2D eigenvalue weighted by molar-refractivity contribution is 0.262. The van der Waals surface area contributed by atoms with Gasteiger partial charge in [0.1, 0.15) is 17.5 Å². The van der Waals surface area contributed by atoms with Crippen LogP contribution in [0.15, 0.2) is 71.7 Å². The van der Waals surface area contributed by atoms with Gasteiger partial charge in [-0.2, -0.15) is 13.5 Å². The van der Waals surface area contributed by atoms with Crippen molar-refractivity contribution in [3.05, 3.63) is 94.3 Å². The van der Waals surface area contributed by atoms with Crippen LogP contribution >= 0.6 is 0 Å². The monoisotopic (exact) mass is 635 g/mol. The highest BCUT2D eigenvalue weighted by molar-refractivity contribution is 7.85. The van der Waals surface area contributed by atoms with Crippen LogP contribution < -0.4 is 21.5 Å². The molecule has 0 aliphatic rings. The van der Waals surface area contributed by atoms with Crippen molar-refractivity contribution in [1.29, 1.82) is 0 Å². The van der Waals surface area contributed by atoms with E-state index in [1.807, 2.05) is 44.2 Å². The molecule has 2 amide bonds. The van der Waals surface area contributed by atoms with Gasteiger partial charge in [-0.15, -0.1) is 0 Å². The molecule has 5 aromatic rings. The highest BCUT2D eigenvalue weighted by atomic mass is 32.2. The number of para-hydroxylation sites is 1. The van der Waals surface area contributed by atoms with Gasteiger partial charge in [-0.1, -0.05) is 32.0 Å². The van der Waals surface area contributed by atoms with Crippen LogP contribution in [-0.2, 0) is 17.2 Å². The van der Waals surface area contributed by atoms with Crippen LogP contribution in [0, 0.1) is 12.7 Å². The third-order valence-corrected chi connectivity index (χ3v) is 6.78. The maximum absolute atomic E-state index is 15.1. The van der Waals surface area contributed by atoms with Crippen LogP contribution in [0.25, 0.3) is 27.7 Å². The molecule has 0 saturated heterocycles. The third-order valence-electron chi connectivity index (χ3n) is 6.78. The van der Waals surface area contributed by atoms with E-state index in [1.54, 1.807) is 50.1 Å². The number of benzene rings is 2. The van der Waals surface area contributed by atoms with Gasteiger partial charge in [0.25, 0.3) is 15.7 Å². The molecule has 12 nitrogen and oxygen atoms in total. The van der Waals surface area contributed by atoms with E-state index in [0.717, 1.165) is 16.8 Å². The molecule has 0 unspecified atom stereocenters. The van der Waals surface area contributed by atoms with E-state index in [1.165, 1.54) is 16.7 Å². The summed E-state index contributed by atoms with van der Waals surface area (Å²) in [6.45, 7) is 5.75. The van der Waals surface area contributed by atoms with Crippen LogP contribution in [0.1, 0.15) is 31.0 Å². The molecule has 0 spiro atoms. The van der Waals surface area contributed by atoms with Crippen molar-refractivity contribution in [1.82, 2.24) is 19.3 Å². The van der Waals surface area contributed by atoms with Gasteiger partial charge in [0.2, 0.25) is 0 Å². The number of aryl methyl sites for hydroxylation is 2. The van der Waals surface area contributed by atoms with E-state index >= 15 is 4.39 Å². The van der Waals surface area contributed by atoms with E-state index in [4.69, 9.17) is 4.55 Å². The van der Waals surface area contributed by atoms with Crippen molar-refractivity contribution >= 4 is 44.4 Å².